The fraction of sp³-hybridized carbons (Fsp3) is 0.833. The summed E-state index contributed by atoms with van der Waals surface area (Å²) >= 11 is 0. The van der Waals surface area contributed by atoms with E-state index in [2.05, 4.69) is 5.32 Å². The molecule has 0 aliphatic carbocycles. The Kier molecular flexibility index (Phi) is 3.60. The molecule has 1 fully saturated rings. The number of halogens is 3. The standard InChI is InChI=1S/C6H9F2NO3.ClH/c7-6(8,4(10)11)5(12)1-2-9-3-5;/h9,12H,1-3H2,(H,10,11);1H. The number of carboxylic acids is 1. The Morgan fingerprint density at radius 1 is 1.54 bits per heavy atom. The van der Waals surface area contributed by atoms with Crippen LogP contribution in [0.15, 0.2) is 0 Å². The number of hydrogen-bond acceptors (Lipinski definition) is 3. The molecule has 1 heterocycles. The largest absolute Gasteiger partial charge is 0.477 e. The minimum atomic E-state index is -4.07. The van der Waals surface area contributed by atoms with Crippen LogP contribution in [0.3, 0.4) is 0 Å². The first-order valence-corrected chi connectivity index (χ1v) is 3.44. The molecular formula is C6H10ClF2NO3. The molecule has 78 valence electrons. The number of rotatable bonds is 2. The zero-order valence-corrected chi connectivity index (χ0v) is 7.40. The molecule has 4 nitrogen and oxygen atoms in total. The summed E-state index contributed by atoms with van der Waals surface area (Å²) in [4.78, 5) is 10.1. The van der Waals surface area contributed by atoms with Gasteiger partial charge in [0.05, 0.1) is 0 Å². The Labute approximate surface area is 79.3 Å². The summed E-state index contributed by atoms with van der Waals surface area (Å²) in [5, 5.41) is 19.8. The van der Waals surface area contributed by atoms with Crippen LogP contribution in [-0.2, 0) is 4.79 Å². The van der Waals surface area contributed by atoms with E-state index in [1.54, 1.807) is 0 Å². The van der Waals surface area contributed by atoms with Crippen LogP contribution in [0.5, 0.6) is 0 Å². The molecule has 1 aliphatic heterocycles. The van der Waals surface area contributed by atoms with Gasteiger partial charge in [0, 0.05) is 6.54 Å². The van der Waals surface area contributed by atoms with E-state index in [0.29, 0.717) is 0 Å². The van der Waals surface area contributed by atoms with Crippen molar-refractivity contribution in [1.82, 2.24) is 5.32 Å². The van der Waals surface area contributed by atoms with Gasteiger partial charge in [-0.3, -0.25) is 0 Å². The molecule has 0 aromatic rings. The van der Waals surface area contributed by atoms with Crippen molar-refractivity contribution >= 4 is 18.4 Å². The first kappa shape index (κ1) is 12.5. The van der Waals surface area contributed by atoms with Crippen LogP contribution in [0.4, 0.5) is 8.78 Å². The lowest BCUT2D eigenvalue weighted by Gasteiger charge is -2.27. The second-order valence-corrected chi connectivity index (χ2v) is 2.84. The van der Waals surface area contributed by atoms with Gasteiger partial charge in [-0.25, -0.2) is 4.79 Å². The second kappa shape index (κ2) is 3.73. The number of hydrogen-bond donors (Lipinski definition) is 3. The van der Waals surface area contributed by atoms with Crippen LogP contribution in [0.1, 0.15) is 6.42 Å². The molecule has 0 aromatic carbocycles. The topological polar surface area (TPSA) is 69.6 Å². The van der Waals surface area contributed by atoms with E-state index in [9.17, 15) is 18.7 Å². The van der Waals surface area contributed by atoms with Gasteiger partial charge < -0.3 is 15.5 Å². The van der Waals surface area contributed by atoms with Crippen LogP contribution < -0.4 is 5.32 Å². The molecule has 7 heteroatoms. The highest BCUT2D eigenvalue weighted by Crippen LogP contribution is 2.33. The van der Waals surface area contributed by atoms with Gasteiger partial charge in [0.2, 0.25) is 0 Å². The number of carbonyl (C=O) groups is 1. The lowest BCUT2D eigenvalue weighted by molar-refractivity contribution is -0.203. The molecule has 0 aromatic heterocycles. The first-order chi connectivity index (χ1) is 5.40. The number of β-amino-alcohol motifs (C(OH)–C–C–N with tert-alkyl or cyclic N) is 1. The smallest absolute Gasteiger partial charge is 0.377 e. The van der Waals surface area contributed by atoms with Crippen molar-refractivity contribution in [2.75, 3.05) is 13.1 Å². The van der Waals surface area contributed by atoms with Crippen molar-refractivity contribution in [1.29, 1.82) is 0 Å². The van der Waals surface area contributed by atoms with Gasteiger partial charge in [0.1, 0.15) is 0 Å². The summed E-state index contributed by atoms with van der Waals surface area (Å²) in [6.45, 7) is -0.175. The average Bonchev–Trinajstić information content (AvgIpc) is 2.37. The molecule has 1 atom stereocenters. The van der Waals surface area contributed by atoms with Gasteiger partial charge >= 0.3 is 11.9 Å². The van der Waals surface area contributed by atoms with Gasteiger partial charge in [-0.2, -0.15) is 8.78 Å². The quantitative estimate of drug-likeness (QED) is 0.602. The van der Waals surface area contributed by atoms with Crippen molar-refractivity contribution in [2.24, 2.45) is 0 Å². The van der Waals surface area contributed by atoms with Crippen molar-refractivity contribution < 1.29 is 23.8 Å². The van der Waals surface area contributed by atoms with Crippen molar-refractivity contribution in [3.05, 3.63) is 0 Å². The Morgan fingerprint density at radius 2 is 2.08 bits per heavy atom. The highest BCUT2D eigenvalue weighted by Gasteiger charge is 2.59. The summed E-state index contributed by atoms with van der Waals surface area (Å²) in [5.74, 6) is -6.36. The van der Waals surface area contributed by atoms with E-state index in [1.807, 2.05) is 0 Å². The molecule has 0 amide bonds. The highest BCUT2D eigenvalue weighted by molar-refractivity contribution is 5.85. The second-order valence-electron chi connectivity index (χ2n) is 2.84. The minimum absolute atomic E-state index is 0. The Hall–Kier alpha value is -0.460. The molecule has 0 radical (unpaired) electrons. The molecule has 0 spiro atoms. The molecule has 1 unspecified atom stereocenters. The number of aliphatic carboxylic acids is 1. The average molecular weight is 218 g/mol. The van der Waals surface area contributed by atoms with E-state index in [0.717, 1.165) is 0 Å². The summed E-state index contributed by atoms with van der Waals surface area (Å²) in [5.41, 5.74) is -2.43. The predicted molar refractivity (Wildman–Crippen MR) is 42.3 cm³/mol. The Morgan fingerprint density at radius 3 is 2.38 bits per heavy atom. The van der Waals surface area contributed by atoms with E-state index in [1.165, 1.54) is 0 Å². The molecule has 13 heavy (non-hydrogen) atoms. The third kappa shape index (κ3) is 1.90. The maximum atomic E-state index is 12.7. The number of alkyl halides is 2. The SMILES string of the molecule is Cl.O=C(O)C(F)(F)C1(O)CCNC1. The van der Waals surface area contributed by atoms with E-state index in [-0.39, 0.29) is 31.9 Å². The third-order valence-corrected chi connectivity index (χ3v) is 1.99. The van der Waals surface area contributed by atoms with Crippen LogP contribution in [0.25, 0.3) is 0 Å². The summed E-state index contributed by atoms with van der Waals surface area (Å²) in [7, 11) is 0. The van der Waals surface area contributed by atoms with E-state index in [4.69, 9.17) is 5.11 Å². The molecule has 1 saturated heterocycles. The minimum Gasteiger partial charge on any atom is -0.477 e. The third-order valence-electron chi connectivity index (χ3n) is 1.99. The lowest BCUT2D eigenvalue weighted by atomic mass is 9.95. The summed E-state index contributed by atoms with van der Waals surface area (Å²) in [6.07, 6.45) is -0.244. The maximum absolute atomic E-state index is 12.7. The normalized spacial score (nSPS) is 28.2. The number of nitrogens with one attached hydrogen (secondary N) is 1. The monoisotopic (exact) mass is 217 g/mol. The molecule has 3 N–H and O–H groups in total. The van der Waals surface area contributed by atoms with Gasteiger partial charge in [-0.15, -0.1) is 12.4 Å². The highest BCUT2D eigenvalue weighted by atomic mass is 35.5. The first-order valence-electron chi connectivity index (χ1n) is 3.44. The predicted octanol–water partition coefficient (Wildman–Crippen LogP) is -0.147. The molecular weight excluding hydrogens is 208 g/mol. The Balaban J connectivity index is 0.00000144. The van der Waals surface area contributed by atoms with Crippen LogP contribution in [0, 0.1) is 0 Å². The lowest BCUT2D eigenvalue weighted by Crippen LogP contribution is -2.54. The fourth-order valence-electron chi connectivity index (χ4n) is 1.15. The van der Waals surface area contributed by atoms with Crippen LogP contribution >= 0.6 is 12.4 Å². The summed E-state index contributed by atoms with van der Waals surface area (Å²) < 4.78 is 25.5. The van der Waals surface area contributed by atoms with Crippen molar-refractivity contribution in [3.63, 3.8) is 0 Å². The molecule has 0 saturated carbocycles. The van der Waals surface area contributed by atoms with Gasteiger partial charge in [0.15, 0.2) is 5.60 Å². The summed E-state index contributed by atoms with van der Waals surface area (Å²) in [6, 6.07) is 0. The van der Waals surface area contributed by atoms with Gasteiger partial charge in [0.25, 0.3) is 0 Å². The number of carboxylic acid groups (broad SMARTS) is 1. The maximum Gasteiger partial charge on any atom is 0.377 e. The Bertz CT molecular complexity index is 206. The van der Waals surface area contributed by atoms with Crippen LogP contribution in [0.2, 0.25) is 0 Å². The van der Waals surface area contributed by atoms with E-state index < -0.39 is 17.5 Å². The van der Waals surface area contributed by atoms with Gasteiger partial charge in [-0.1, -0.05) is 0 Å². The fourth-order valence-corrected chi connectivity index (χ4v) is 1.15. The number of aliphatic hydroxyl groups is 1. The molecule has 1 rings (SSSR count). The van der Waals surface area contributed by atoms with Gasteiger partial charge in [-0.05, 0) is 13.0 Å². The zero-order chi connectivity index (χ0) is 9.41. The van der Waals surface area contributed by atoms with Crippen molar-refractivity contribution in [2.45, 2.75) is 17.9 Å². The molecule has 0 bridgehead atoms. The van der Waals surface area contributed by atoms with Crippen LogP contribution in [-0.4, -0.2) is 40.8 Å². The molecule has 1 aliphatic rings. The van der Waals surface area contributed by atoms with Crippen molar-refractivity contribution in [3.8, 4) is 0 Å². The van der Waals surface area contributed by atoms with E-state index >= 15 is 0 Å². The zero-order valence-electron chi connectivity index (χ0n) is 6.59.